The summed E-state index contributed by atoms with van der Waals surface area (Å²) in [6.07, 6.45) is 1.88. The van der Waals surface area contributed by atoms with E-state index in [0.717, 1.165) is 6.42 Å². The van der Waals surface area contributed by atoms with E-state index in [0.29, 0.717) is 25.9 Å². The van der Waals surface area contributed by atoms with Gasteiger partial charge < -0.3 is 11.5 Å². The molecule has 0 bridgehead atoms. The molecule has 0 aromatic rings. The fraction of sp³-hybridized carbons (Fsp3) is 0.833. The van der Waals surface area contributed by atoms with Gasteiger partial charge in [0, 0.05) is 12.8 Å². The first kappa shape index (κ1) is 12.8. The van der Waals surface area contributed by atoms with Crippen LogP contribution in [0.5, 0.6) is 0 Å². The highest BCUT2D eigenvalue weighted by Gasteiger charge is 1.96. The molecule has 0 saturated heterocycles. The molecule has 0 atom stereocenters. The van der Waals surface area contributed by atoms with E-state index in [9.17, 15) is 4.79 Å². The summed E-state index contributed by atoms with van der Waals surface area (Å²) in [5.41, 5.74) is 10.3. The quantitative estimate of drug-likeness (QED) is 0.479. The van der Waals surface area contributed by atoms with Crippen LogP contribution in [0.4, 0.5) is 0 Å². The van der Waals surface area contributed by atoms with Crippen molar-refractivity contribution in [2.24, 2.45) is 11.5 Å². The van der Waals surface area contributed by atoms with Crippen molar-refractivity contribution in [3.8, 4) is 0 Å². The summed E-state index contributed by atoms with van der Waals surface area (Å²) in [5.74, 6) is 0.225. The normalized spacial score (nSPS) is 8.60. The van der Waals surface area contributed by atoms with E-state index in [1.165, 1.54) is 0 Å². The fourth-order valence-electron chi connectivity index (χ4n) is 0.585. The molecule has 60 valence electrons. The highest BCUT2D eigenvalue weighted by molar-refractivity contribution is 5.78. The lowest BCUT2D eigenvalue weighted by atomic mass is 10.2. The molecule has 0 aliphatic heterocycles. The number of hydrogen-bond acceptors (Lipinski definition) is 3. The minimum atomic E-state index is 0. The molecular formula is C6H17AlN2O. The number of ketones is 1. The molecule has 4 heteroatoms. The maximum absolute atomic E-state index is 10.7. The van der Waals surface area contributed by atoms with Crippen LogP contribution in [0.3, 0.4) is 0 Å². The third-order valence-corrected chi connectivity index (χ3v) is 1.08. The van der Waals surface area contributed by atoms with Crippen LogP contribution < -0.4 is 11.5 Å². The molecule has 0 heterocycles. The van der Waals surface area contributed by atoms with Crippen molar-refractivity contribution in [3.05, 3.63) is 0 Å². The Kier molecular flexibility index (Phi) is 11.6. The summed E-state index contributed by atoms with van der Waals surface area (Å²) in [5, 5.41) is 0. The summed E-state index contributed by atoms with van der Waals surface area (Å²) >= 11 is 0. The molecule has 0 aromatic carbocycles. The van der Waals surface area contributed by atoms with Crippen molar-refractivity contribution in [2.75, 3.05) is 13.1 Å². The van der Waals surface area contributed by atoms with Gasteiger partial charge in [0.15, 0.2) is 17.4 Å². The number of rotatable bonds is 5. The molecule has 0 spiro atoms. The SMILES string of the molecule is NCCCC(=O)CCN.[AlH3]. The zero-order valence-electron chi connectivity index (χ0n) is 5.60. The van der Waals surface area contributed by atoms with Crippen LogP contribution >= 0.6 is 0 Å². The zero-order valence-corrected chi connectivity index (χ0v) is 5.60. The van der Waals surface area contributed by atoms with Gasteiger partial charge in [-0.15, -0.1) is 0 Å². The lowest BCUT2D eigenvalue weighted by Crippen LogP contribution is -2.09. The molecule has 0 aromatic heterocycles. The van der Waals surface area contributed by atoms with E-state index < -0.39 is 0 Å². The Labute approximate surface area is 72.3 Å². The number of carbonyl (C=O) groups excluding carboxylic acids is 1. The predicted octanol–water partition coefficient (Wildman–Crippen LogP) is -1.54. The van der Waals surface area contributed by atoms with Gasteiger partial charge in [-0.25, -0.2) is 0 Å². The highest BCUT2D eigenvalue weighted by atomic mass is 27.0. The lowest BCUT2D eigenvalue weighted by molar-refractivity contribution is -0.118. The van der Waals surface area contributed by atoms with E-state index in [1.54, 1.807) is 0 Å². The molecule has 0 radical (unpaired) electrons. The van der Waals surface area contributed by atoms with Crippen molar-refractivity contribution in [3.63, 3.8) is 0 Å². The first-order valence-electron chi connectivity index (χ1n) is 3.23. The fourth-order valence-corrected chi connectivity index (χ4v) is 0.585. The molecule has 10 heavy (non-hydrogen) atoms. The molecule has 0 aliphatic rings. The molecule has 3 nitrogen and oxygen atoms in total. The monoisotopic (exact) mass is 160 g/mol. The van der Waals surface area contributed by atoms with Crippen molar-refractivity contribution in [1.29, 1.82) is 0 Å². The van der Waals surface area contributed by atoms with Crippen LogP contribution in [0.25, 0.3) is 0 Å². The molecular weight excluding hydrogens is 143 g/mol. The largest absolute Gasteiger partial charge is 0.330 e. The molecule has 0 amide bonds. The molecule has 0 saturated carbocycles. The average molecular weight is 160 g/mol. The summed E-state index contributed by atoms with van der Waals surface area (Å²) in [7, 11) is 0. The molecule has 4 N–H and O–H groups in total. The van der Waals surface area contributed by atoms with E-state index in [-0.39, 0.29) is 23.1 Å². The molecule has 0 rings (SSSR count). The van der Waals surface area contributed by atoms with E-state index in [1.807, 2.05) is 0 Å². The Bertz CT molecular complexity index is 87.8. The van der Waals surface area contributed by atoms with Gasteiger partial charge in [0.2, 0.25) is 0 Å². The van der Waals surface area contributed by atoms with Crippen molar-refractivity contribution < 1.29 is 4.79 Å². The summed E-state index contributed by atoms with van der Waals surface area (Å²) < 4.78 is 0. The van der Waals surface area contributed by atoms with Gasteiger partial charge in [-0.1, -0.05) is 0 Å². The van der Waals surface area contributed by atoms with E-state index in [2.05, 4.69) is 0 Å². The zero-order chi connectivity index (χ0) is 7.11. The Morgan fingerprint density at radius 1 is 1.10 bits per heavy atom. The topological polar surface area (TPSA) is 69.1 Å². The maximum atomic E-state index is 10.7. The van der Waals surface area contributed by atoms with Crippen molar-refractivity contribution in [2.45, 2.75) is 19.3 Å². The first-order valence-corrected chi connectivity index (χ1v) is 3.23. The maximum Gasteiger partial charge on any atom is 0.187 e. The lowest BCUT2D eigenvalue weighted by Gasteiger charge is -1.94. The van der Waals surface area contributed by atoms with Crippen LogP contribution in [-0.2, 0) is 4.79 Å². The van der Waals surface area contributed by atoms with Gasteiger partial charge in [-0.2, -0.15) is 0 Å². The van der Waals surface area contributed by atoms with Gasteiger partial charge in [-0.05, 0) is 19.5 Å². The first-order chi connectivity index (χ1) is 4.31. The number of nitrogens with two attached hydrogens (primary N) is 2. The average Bonchev–Trinajstić information content (AvgIpc) is 1.85. The van der Waals surface area contributed by atoms with E-state index in [4.69, 9.17) is 11.5 Å². The van der Waals surface area contributed by atoms with Crippen LogP contribution in [-0.4, -0.2) is 36.2 Å². The van der Waals surface area contributed by atoms with Gasteiger partial charge in [-0.3, -0.25) is 4.79 Å². The van der Waals surface area contributed by atoms with Crippen LogP contribution in [0.2, 0.25) is 0 Å². The van der Waals surface area contributed by atoms with Gasteiger partial charge in [0.05, 0.1) is 0 Å². The third-order valence-electron chi connectivity index (χ3n) is 1.08. The molecule has 0 fully saturated rings. The molecule has 0 unspecified atom stereocenters. The predicted molar refractivity (Wildman–Crippen MR) is 46.9 cm³/mol. The second-order valence-electron chi connectivity index (χ2n) is 1.97. The molecule has 0 aliphatic carbocycles. The Morgan fingerprint density at radius 2 is 1.70 bits per heavy atom. The van der Waals surface area contributed by atoms with Crippen LogP contribution in [0.1, 0.15) is 19.3 Å². The minimum Gasteiger partial charge on any atom is -0.330 e. The van der Waals surface area contributed by atoms with Crippen molar-refractivity contribution in [1.82, 2.24) is 0 Å². The van der Waals surface area contributed by atoms with E-state index >= 15 is 0 Å². The summed E-state index contributed by atoms with van der Waals surface area (Å²) in [4.78, 5) is 10.7. The van der Waals surface area contributed by atoms with Crippen LogP contribution in [0, 0.1) is 0 Å². The third kappa shape index (κ3) is 8.12. The smallest absolute Gasteiger partial charge is 0.187 e. The summed E-state index contributed by atoms with van der Waals surface area (Å²) in [6.45, 7) is 1.06. The van der Waals surface area contributed by atoms with Crippen molar-refractivity contribution >= 4 is 23.1 Å². The van der Waals surface area contributed by atoms with Crippen LogP contribution in [0.15, 0.2) is 0 Å². The Hall–Kier alpha value is 0.122. The van der Waals surface area contributed by atoms with Gasteiger partial charge in [0.25, 0.3) is 0 Å². The standard InChI is InChI=1S/C6H14N2O.Al.3H/c7-4-1-2-6(9)3-5-8;;;;/h1-5,7-8H2;;;;. The minimum absolute atomic E-state index is 0. The number of carbonyl (C=O) groups is 1. The second-order valence-corrected chi connectivity index (χ2v) is 1.97. The second kappa shape index (κ2) is 9.12. The highest BCUT2D eigenvalue weighted by Crippen LogP contribution is 1.90. The number of Topliss-reactive ketones (excluding diaryl/α,β-unsaturated/α-hetero) is 1. The number of hydrogen-bond donors (Lipinski definition) is 2. The Balaban J connectivity index is 0. The summed E-state index contributed by atoms with van der Waals surface area (Å²) in [6, 6.07) is 0. The van der Waals surface area contributed by atoms with Gasteiger partial charge in [0.1, 0.15) is 5.78 Å². The Morgan fingerprint density at radius 3 is 2.10 bits per heavy atom. The van der Waals surface area contributed by atoms with Gasteiger partial charge >= 0.3 is 0 Å².